The molecule has 0 bridgehead atoms. The lowest BCUT2D eigenvalue weighted by molar-refractivity contribution is -0.142. The Morgan fingerprint density at radius 2 is 1.58 bits per heavy atom. The minimum absolute atomic E-state index is 0.142. The summed E-state index contributed by atoms with van der Waals surface area (Å²) < 4.78 is 0. The van der Waals surface area contributed by atoms with Crippen molar-refractivity contribution in [1.82, 2.24) is 20.9 Å². The van der Waals surface area contributed by atoms with Gasteiger partial charge >= 0.3 is 11.9 Å². The number of rotatable bonds is 11. The molecule has 12 nitrogen and oxygen atoms in total. The average molecular weight is 461 g/mol. The molecular formula is C21H27N5O7. The third-order valence-electron chi connectivity index (χ3n) is 4.94. The summed E-state index contributed by atoms with van der Waals surface area (Å²) in [6.45, 7) is 2.54. The van der Waals surface area contributed by atoms with Gasteiger partial charge in [0.1, 0.15) is 18.1 Å². The van der Waals surface area contributed by atoms with Crippen molar-refractivity contribution >= 4 is 40.6 Å². The summed E-state index contributed by atoms with van der Waals surface area (Å²) in [5, 5.41) is 25.6. The van der Waals surface area contributed by atoms with Gasteiger partial charge in [-0.2, -0.15) is 0 Å². The molecule has 0 aliphatic heterocycles. The van der Waals surface area contributed by atoms with E-state index in [1.807, 2.05) is 24.3 Å². The van der Waals surface area contributed by atoms with Gasteiger partial charge in [0.15, 0.2) is 0 Å². The van der Waals surface area contributed by atoms with E-state index < -0.39 is 60.2 Å². The van der Waals surface area contributed by atoms with Crippen LogP contribution in [0.2, 0.25) is 0 Å². The number of carboxylic acid groups (broad SMARTS) is 2. The fraction of sp³-hybridized carbons (Fsp3) is 0.381. The molecular weight excluding hydrogens is 434 g/mol. The summed E-state index contributed by atoms with van der Waals surface area (Å²) in [5.41, 5.74) is 7.64. The van der Waals surface area contributed by atoms with Gasteiger partial charge in [0.2, 0.25) is 17.7 Å². The van der Waals surface area contributed by atoms with E-state index in [1.165, 1.54) is 13.8 Å². The Labute approximate surface area is 188 Å². The van der Waals surface area contributed by atoms with Crippen LogP contribution in [0, 0.1) is 0 Å². The molecule has 8 N–H and O–H groups in total. The molecule has 0 aliphatic rings. The Kier molecular flexibility index (Phi) is 8.51. The van der Waals surface area contributed by atoms with Gasteiger partial charge in [-0.3, -0.25) is 24.0 Å². The molecule has 1 aromatic heterocycles. The zero-order valence-electron chi connectivity index (χ0n) is 18.1. The van der Waals surface area contributed by atoms with E-state index in [9.17, 15) is 24.0 Å². The number of hydrogen-bond acceptors (Lipinski definition) is 6. The van der Waals surface area contributed by atoms with E-state index in [-0.39, 0.29) is 6.42 Å². The second-order valence-corrected chi connectivity index (χ2v) is 7.63. The van der Waals surface area contributed by atoms with Crippen molar-refractivity contribution in [2.75, 3.05) is 0 Å². The predicted octanol–water partition coefficient (Wildman–Crippen LogP) is -0.909. The highest BCUT2D eigenvalue weighted by atomic mass is 16.4. The molecule has 0 spiro atoms. The normalized spacial score (nSPS) is 14.5. The molecule has 2 rings (SSSR count). The van der Waals surface area contributed by atoms with Gasteiger partial charge in [0.25, 0.3) is 0 Å². The van der Waals surface area contributed by atoms with Crippen LogP contribution in [0.25, 0.3) is 10.9 Å². The second kappa shape index (κ2) is 11.1. The van der Waals surface area contributed by atoms with Gasteiger partial charge in [-0.05, 0) is 31.9 Å². The molecule has 1 aromatic carbocycles. The number of carboxylic acids is 2. The van der Waals surface area contributed by atoms with E-state index in [1.54, 1.807) is 6.20 Å². The van der Waals surface area contributed by atoms with E-state index in [2.05, 4.69) is 20.9 Å². The van der Waals surface area contributed by atoms with Crippen molar-refractivity contribution in [3.05, 3.63) is 36.0 Å². The zero-order valence-corrected chi connectivity index (χ0v) is 18.1. The summed E-state index contributed by atoms with van der Waals surface area (Å²) in [6, 6.07) is 2.51. The van der Waals surface area contributed by atoms with Crippen LogP contribution in [-0.4, -0.2) is 69.0 Å². The Morgan fingerprint density at radius 1 is 0.939 bits per heavy atom. The van der Waals surface area contributed by atoms with Gasteiger partial charge in [-0.15, -0.1) is 0 Å². The molecule has 12 heteroatoms. The van der Waals surface area contributed by atoms with Crippen molar-refractivity contribution in [2.24, 2.45) is 5.73 Å². The van der Waals surface area contributed by atoms with Crippen LogP contribution >= 0.6 is 0 Å². The Morgan fingerprint density at radius 3 is 2.21 bits per heavy atom. The van der Waals surface area contributed by atoms with Crippen LogP contribution < -0.4 is 21.7 Å². The van der Waals surface area contributed by atoms with Gasteiger partial charge in [-0.25, -0.2) is 0 Å². The number of aromatic amines is 1. The maximum Gasteiger partial charge on any atom is 0.325 e. The lowest BCUT2D eigenvalue weighted by Gasteiger charge is -2.22. The smallest absolute Gasteiger partial charge is 0.325 e. The molecule has 4 unspecified atom stereocenters. The fourth-order valence-corrected chi connectivity index (χ4v) is 3.07. The number of aliphatic carboxylic acids is 2. The highest BCUT2D eigenvalue weighted by Crippen LogP contribution is 2.18. The molecule has 0 saturated heterocycles. The van der Waals surface area contributed by atoms with E-state index in [0.717, 1.165) is 16.5 Å². The molecule has 0 fully saturated rings. The largest absolute Gasteiger partial charge is 0.481 e. The highest BCUT2D eigenvalue weighted by molar-refractivity contribution is 5.95. The van der Waals surface area contributed by atoms with Crippen LogP contribution in [0.5, 0.6) is 0 Å². The Bertz CT molecular complexity index is 1050. The highest BCUT2D eigenvalue weighted by Gasteiger charge is 2.29. The minimum Gasteiger partial charge on any atom is -0.481 e. The molecule has 3 amide bonds. The SMILES string of the molecule is CC(NC(=O)C(C)NC(=O)C(CC(=O)O)NC(=O)C(N)Cc1c[nH]c2ccccc12)C(=O)O. The molecule has 2 aromatic rings. The van der Waals surface area contributed by atoms with Crippen molar-refractivity contribution in [3.63, 3.8) is 0 Å². The van der Waals surface area contributed by atoms with Gasteiger partial charge in [-0.1, -0.05) is 18.2 Å². The average Bonchev–Trinajstić information content (AvgIpc) is 3.15. The topological polar surface area (TPSA) is 204 Å². The van der Waals surface area contributed by atoms with Crippen LogP contribution in [-0.2, 0) is 30.4 Å². The fourth-order valence-electron chi connectivity index (χ4n) is 3.07. The van der Waals surface area contributed by atoms with Crippen molar-refractivity contribution in [1.29, 1.82) is 0 Å². The zero-order chi connectivity index (χ0) is 24.7. The number of hydrogen-bond donors (Lipinski definition) is 7. The van der Waals surface area contributed by atoms with Crippen LogP contribution in [0.1, 0.15) is 25.8 Å². The van der Waals surface area contributed by atoms with Crippen LogP contribution in [0.3, 0.4) is 0 Å². The van der Waals surface area contributed by atoms with Crippen molar-refractivity contribution < 1.29 is 34.2 Å². The van der Waals surface area contributed by atoms with Crippen LogP contribution in [0.4, 0.5) is 0 Å². The van der Waals surface area contributed by atoms with Crippen molar-refractivity contribution in [2.45, 2.75) is 50.9 Å². The number of para-hydroxylation sites is 1. The molecule has 0 radical (unpaired) electrons. The second-order valence-electron chi connectivity index (χ2n) is 7.63. The summed E-state index contributed by atoms with van der Waals surface area (Å²) in [7, 11) is 0. The molecule has 4 atom stereocenters. The first-order valence-corrected chi connectivity index (χ1v) is 10.2. The Hall–Kier alpha value is -3.93. The van der Waals surface area contributed by atoms with E-state index in [4.69, 9.17) is 15.9 Å². The number of H-pyrrole nitrogens is 1. The molecule has 33 heavy (non-hydrogen) atoms. The van der Waals surface area contributed by atoms with E-state index in [0.29, 0.717) is 0 Å². The molecule has 1 heterocycles. The first kappa shape index (κ1) is 25.3. The minimum atomic E-state index is -1.49. The first-order valence-electron chi connectivity index (χ1n) is 10.2. The maximum absolute atomic E-state index is 12.6. The Balaban J connectivity index is 2.02. The number of benzene rings is 1. The number of carbonyl (C=O) groups excluding carboxylic acids is 3. The number of nitrogens with two attached hydrogens (primary N) is 1. The maximum atomic E-state index is 12.6. The third kappa shape index (κ3) is 7.04. The molecule has 178 valence electrons. The number of fused-ring (bicyclic) bond motifs is 1. The first-order chi connectivity index (χ1) is 15.5. The number of aromatic nitrogens is 1. The predicted molar refractivity (Wildman–Crippen MR) is 117 cm³/mol. The number of carbonyl (C=O) groups is 5. The summed E-state index contributed by atoms with van der Waals surface area (Å²) in [4.78, 5) is 62.3. The quantitative estimate of drug-likeness (QED) is 0.223. The monoisotopic (exact) mass is 461 g/mol. The lowest BCUT2D eigenvalue weighted by Crippen LogP contribution is -2.56. The lowest BCUT2D eigenvalue weighted by atomic mass is 10.0. The molecule has 0 aliphatic carbocycles. The van der Waals surface area contributed by atoms with Gasteiger partial charge in [0.05, 0.1) is 12.5 Å². The molecule has 0 saturated carbocycles. The third-order valence-corrected chi connectivity index (χ3v) is 4.94. The summed E-state index contributed by atoms with van der Waals surface area (Å²) >= 11 is 0. The summed E-state index contributed by atoms with van der Waals surface area (Å²) in [6.07, 6.45) is 1.12. The van der Waals surface area contributed by atoms with Crippen LogP contribution in [0.15, 0.2) is 30.5 Å². The summed E-state index contributed by atoms with van der Waals surface area (Å²) in [5.74, 6) is -5.05. The van der Waals surface area contributed by atoms with Crippen molar-refractivity contribution in [3.8, 4) is 0 Å². The number of amides is 3. The van der Waals surface area contributed by atoms with E-state index >= 15 is 0 Å². The van der Waals surface area contributed by atoms with Gasteiger partial charge < -0.3 is 36.9 Å². The standard InChI is InChI=1S/C21H27N5O7/c1-10(18(29)25-11(2)21(32)33)24-20(31)16(8-17(27)28)26-19(30)14(22)7-12-9-23-15-6-4-3-5-13(12)15/h3-6,9-11,14,16,23H,7-8,22H2,1-2H3,(H,24,31)(H,25,29)(H,26,30)(H,27,28)(H,32,33). The number of nitrogens with one attached hydrogen (secondary N) is 4. The van der Waals surface area contributed by atoms with Gasteiger partial charge in [0, 0.05) is 17.1 Å².